The average molecular weight is 423 g/mol. The van der Waals surface area contributed by atoms with Crippen LogP contribution in [-0.4, -0.2) is 22.4 Å². The second-order valence-corrected chi connectivity index (χ2v) is 8.90. The molecule has 1 unspecified atom stereocenters. The molecule has 1 heterocycles. The van der Waals surface area contributed by atoms with Gasteiger partial charge in [0.1, 0.15) is 11.0 Å². The van der Waals surface area contributed by atoms with E-state index in [1.807, 2.05) is 24.3 Å². The van der Waals surface area contributed by atoms with Gasteiger partial charge in [-0.25, -0.2) is 9.18 Å². The molecular weight excluding hydrogens is 399 g/mol. The van der Waals surface area contributed by atoms with Crippen molar-refractivity contribution < 1.29 is 19.4 Å². The van der Waals surface area contributed by atoms with E-state index in [4.69, 9.17) is 16.7 Å². The van der Waals surface area contributed by atoms with Gasteiger partial charge in [0.25, 0.3) is 0 Å². The van der Waals surface area contributed by atoms with Crippen molar-refractivity contribution in [1.82, 2.24) is 0 Å². The van der Waals surface area contributed by atoms with Crippen molar-refractivity contribution in [3.05, 3.63) is 62.3 Å². The molecule has 2 N–H and O–H groups in total. The number of thiophene rings is 1. The van der Waals surface area contributed by atoms with E-state index in [1.54, 1.807) is 12.1 Å². The lowest BCUT2D eigenvalue weighted by atomic mass is 9.89. The molecule has 3 rings (SSSR count). The summed E-state index contributed by atoms with van der Waals surface area (Å²) in [4.78, 5) is 12.4. The van der Waals surface area contributed by atoms with E-state index in [2.05, 4.69) is 6.08 Å². The molecule has 0 bridgehead atoms. The van der Waals surface area contributed by atoms with Gasteiger partial charge in [-0.3, -0.25) is 0 Å². The highest BCUT2D eigenvalue weighted by Crippen LogP contribution is 2.39. The molecule has 1 aliphatic rings. The summed E-state index contributed by atoms with van der Waals surface area (Å²) in [5, 5.41) is 18.9. The Bertz CT molecular complexity index is 848. The van der Waals surface area contributed by atoms with Crippen LogP contribution in [0.3, 0.4) is 0 Å². The van der Waals surface area contributed by atoms with E-state index < -0.39 is 12.1 Å². The Kier molecular flexibility index (Phi) is 7.27. The molecule has 1 fully saturated rings. The minimum atomic E-state index is -0.897. The van der Waals surface area contributed by atoms with Crippen LogP contribution in [0.15, 0.2) is 36.4 Å². The molecule has 0 radical (unpaired) electrons. The first-order chi connectivity index (χ1) is 13.5. The third-order valence-corrected chi connectivity index (χ3v) is 6.67. The molecular formula is C22H24ClFO3S. The van der Waals surface area contributed by atoms with Crippen LogP contribution in [0, 0.1) is 11.8 Å². The first kappa shape index (κ1) is 21.0. The summed E-state index contributed by atoms with van der Waals surface area (Å²) in [5.41, 5.74) is 1.67. The van der Waals surface area contributed by atoms with Crippen molar-refractivity contribution in [2.75, 3.05) is 0 Å². The van der Waals surface area contributed by atoms with Gasteiger partial charge in [0.05, 0.1) is 6.61 Å². The molecule has 6 heteroatoms. The van der Waals surface area contributed by atoms with E-state index in [0.29, 0.717) is 16.3 Å². The van der Waals surface area contributed by atoms with Gasteiger partial charge >= 0.3 is 5.97 Å². The number of carboxylic acids is 1. The van der Waals surface area contributed by atoms with E-state index >= 15 is 0 Å². The molecule has 1 aromatic carbocycles. The van der Waals surface area contributed by atoms with E-state index in [0.717, 1.165) is 41.7 Å². The zero-order chi connectivity index (χ0) is 20.1. The number of alkyl halides is 1. The monoisotopic (exact) mass is 422 g/mol. The lowest BCUT2D eigenvalue weighted by molar-refractivity contribution is 0.0702. The van der Waals surface area contributed by atoms with Gasteiger partial charge in [-0.15, -0.1) is 11.3 Å². The van der Waals surface area contributed by atoms with Gasteiger partial charge in [0, 0.05) is 9.90 Å². The summed E-state index contributed by atoms with van der Waals surface area (Å²) < 4.78 is 14.4. The number of aryl methyl sites for hydroxylation is 1. The molecule has 0 spiro atoms. The zero-order valence-corrected chi connectivity index (χ0v) is 17.1. The maximum absolute atomic E-state index is 14.4. The summed E-state index contributed by atoms with van der Waals surface area (Å²) in [6, 6.07) is 8.94. The van der Waals surface area contributed by atoms with Crippen molar-refractivity contribution in [3.63, 3.8) is 0 Å². The van der Waals surface area contributed by atoms with Crippen LogP contribution < -0.4 is 0 Å². The van der Waals surface area contributed by atoms with Crippen molar-refractivity contribution in [2.45, 2.75) is 44.9 Å². The predicted molar refractivity (Wildman–Crippen MR) is 112 cm³/mol. The highest BCUT2D eigenvalue weighted by Gasteiger charge is 2.34. The second-order valence-electron chi connectivity index (χ2n) is 7.29. The lowest BCUT2D eigenvalue weighted by Crippen LogP contribution is -2.14. The normalized spacial score (nSPS) is 22.2. The van der Waals surface area contributed by atoms with E-state index in [9.17, 15) is 14.3 Å². The van der Waals surface area contributed by atoms with Crippen molar-refractivity contribution in [2.24, 2.45) is 11.8 Å². The fourth-order valence-electron chi connectivity index (χ4n) is 3.92. The Labute approximate surface area is 173 Å². The topological polar surface area (TPSA) is 57.5 Å². The van der Waals surface area contributed by atoms with Gasteiger partial charge in [-0.1, -0.05) is 23.8 Å². The lowest BCUT2D eigenvalue weighted by Gasteiger charge is -2.18. The van der Waals surface area contributed by atoms with Crippen LogP contribution in [0.5, 0.6) is 0 Å². The molecule has 150 valence electrons. The van der Waals surface area contributed by atoms with Gasteiger partial charge < -0.3 is 10.2 Å². The van der Waals surface area contributed by atoms with Crippen LogP contribution in [0.25, 0.3) is 6.08 Å². The number of benzene rings is 1. The minimum Gasteiger partial charge on any atom is -0.477 e. The molecule has 0 aliphatic heterocycles. The number of carboxylic acid groups (broad SMARTS) is 1. The number of allylic oxidation sites excluding steroid dienone is 1. The van der Waals surface area contributed by atoms with Crippen molar-refractivity contribution in [3.8, 4) is 0 Å². The summed E-state index contributed by atoms with van der Waals surface area (Å²) in [7, 11) is 0. The van der Waals surface area contributed by atoms with Crippen molar-refractivity contribution >= 4 is 35.0 Å². The fraction of sp³-hybridized carbons (Fsp3) is 0.409. The van der Waals surface area contributed by atoms with Crippen LogP contribution in [0.4, 0.5) is 4.39 Å². The summed E-state index contributed by atoms with van der Waals surface area (Å²) in [6.07, 6.45) is 7.08. The molecule has 1 aromatic heterocycles. The highest BCUT2D eigenvalue weighted by molar-refractivity contribution is 7.13. The molecule has 0 amide bonds. The minimum absolute atomic E-state index is 0.00773. The SMILES string of the molecule is O=C(O)c1ccc(CCC[C@H]2C(F)CC[C@@H]2/C=C/c2cc(Cl)cc(CO)c2)s1. The van der Waals surface area contributed by atoms with Gasteiger partial charge in [0.15, 0.2) is 0 Å². The predicted octanol–water partition coefficient (Wildman–Crippen LogP) is 5.99. The third kappa shape index (κ3) is 5.43. The Hall–Kier alpha value is -1.69. The maximum Gasteiger partial charge on any atom is 0.345 e. The maximum atomic E-state index is 14.4. The quantitative estimate of drug-likeness (QED) is 0.549. The molecule has 2 aromatic rings. The van der Waals surface area contributed by atoms with Crippen LogP contribution in [-0.2, 0) is 13.0 Å². The van der Waals surface area contributed by atoms with Gasteiger partial charge in [-0.2, -0.15) is 0 Å². The van der Waals surface area contributed by atoms with Crippen LogP contribution in [0.2, 0.25) is 5.02 Å². The van der Waals surface area contributed by atoms with E-state index in [-0.39, 0.29) is 18.4 Å². The fourth-order valence-corrected chi connectivity index (χ4v) is 5.07. The molecule has 28 heavy (non-hydrogen) atoms. The molecule has 3 atom stereocenters. The Balaban J connectivity index is 1.58. The highest BCUT2D eigenvalue weighted by atomic mass is 35.5. The van der Waals surface area contributed by atoms with Crippen LogP contribution in [0.1, 0.15) is 51.4 Å². The Morgan fingerprint density at radius 1 is 1.29 bits per heavy atom. The average Bonchev–Trinajstić information content (AvgIpc) is 3.27. The number of aliphatic hydroxyl groups is 1. The van der Waals surface area contributed by atoms with Crippen molar-refractivity contribution in [1.29, 1.82) is 0 Å². The summed E-state index contributed by atoms with van der Waals surface area (Å²) in [5.74, 6) is -0.720. The molecule has 0 saturated heterocycles. The Morgan fingerprint density at radius 3 is 2.82 bits per heavy atom. The number of carbonyl (C=O) groups is 1. The number of aliphatic hydroxyl groups excluding tert-OH is 1. The zero-order valence-electron chi connectivity index (χ0n) is 15.5. The smallest absolute Gasteiger partial charge is 0.345 e. The standard InChI is InChI=1S/C22H24ClFO3S/c23-17-11-14(10-15(12-17)13-25)4-5-16-6-8-20(24)19(16)3-1-2-18-7-9-21(28-18)22(26)27/h4-5,7,9-12,16,19-20,25H,1-3,6,8,13H2,(H,26,27)/b5-4+/t16-,19+,20?/m0/s1. The molecule has 1 saturated carbocycles. The Morgan fingerprint density at radius 2 is 2.11 bits per heavy atom. The number of hydrogen-bond acceptors (Lipinski definition) is 3. The second kappa shape index (κ2) is 9.68. The van der Waals surface area contributed by atoms with E-state index in [1.165, 1.54) is 11.3 Å². The number of rotatable bonds is 8. The summed E-state index contributed by atoms with van der Waals surface area (Å²) in [6.45, 7) is -0.0632. The van der Waals surface area contributed by atoms with Crippen LogP contribution >= 0.6 is 22.9 Å². The van der Waals surface area contributed by atoms with Gasteiger partial charge in [-0.05, 0) is 85.4 Å². The third-order valence-electron chi connectivity index (χ3n) is 5.32. The first-order valence-electron chi connectivity index (χ1n) is 9.51. The number of hydrogen-bond donors (Lipinski definition) is 2. The first-order valence-corrected chi connectivity index (χ1v) is 10.7. The molecule has 1 aliphatic carbocycles. The number of halogens is 2. The largest absolute Gasteiger partial charge is 0.477 e. The summed E-state index contributed by atoms with van der Waals surface area (Å²) >= 11 is 7.38. The van der Waals surface area contributed by atoms with Gasteiger partial charge in [0.2, 0.25) is 0 Å². The molecule has 3 nitrogen and oxygen atoms in total. The number of aromatic carboxylic acids is 1.